The van der Waals surface area contributed by atoms with E-state index in [1.54, 1.807) is 10.6 Å². The van der Waals surface area contributed by atoms with Crippen molar-refractivity contribution >= 4 is 23.1 Å². The van der Waals surface area contributed by atoms with Crippen LogP contribution in [0.5, 0.6) is 0 Å². The molecule has 0 radical (unpaired) electrons. The smallest absolute Gasteiger partial charge is 0.274 e. The molecule has 1 aromatic carbocycles. The largest absolute Gasteiger partial charge is 0.378 e. The topological polar surface area (TPSA) is 101 Å². The van der Waals surface area contributed by atoms with Gasteiger partial charge >= 0.3 is 0 Å². The third kappa shape index (κ3) is 3.49. The van der Waals surface area contributed by atoms with Gasteiger partial charge in [0.25, 0.3) is 5.91 Å². The summed E-state index contributed by atoms with van der Waals surface area (Å²) in [6.45, 7) is 3.99. The fourth-order valence-electron chi connectivity index (χ4n) is 3.58. The maximum atomic E-state index is 12.9. The van der Waals surface area contributed by atoms with Crippen molar-refractivity contribution in [2.24, 2.45) is 5.16 Å². The zero-order valence-electron chi connectivity index (χ0n) is 16.5. The first kappa shape index (κ1) is 18.6. The van der Waals surface area contributed by atoms with E-state index in [-0.39, 0.29) is 18.2 Å². The molecule has 1 amide bonds. The molecule has 154 valence electrons. The number of hydrogen-bond donors (Lipinski definition) is 3. The van der Waals surface area contributed by atoms with Crippen LogP contribution in [0.3, 0.4) is 0 Å². The number of rotatable bonds is 4. The summed E-state index contributed by atoms with van der Waals surface area (Å²) in [5, 5.41) is 13.8. The Kier molecular flexibility index (Phi) is 4.82. The first-order valence-electron chi connectivity index (χ1n) is 9.85. The number of nitrogens with one attached hydrogen (secondary N) is 3. The minimum atomic E-state index is -0.294. The van der Waals surface area contributed by atoms with E-state index in [0.717, 1.165) is 23.3 Å². The lowest BCUT2D eigenvalue weighted by molar-refractivity contribution is -0.0149. The second-order valence-electron chi connectivity index (χ2n) is 7.30. The van der Waals surface area contributed by atoms with Crippen molar-refractivity contribution in [3.63, 3.8) is 0 Å². The molecule has 2 aliphatic heterocycles. The number of benzene rings is 1. The Balaban J connectivity index is 1.33. The fourth-order valence-corrected chi connectivity index (χ4v) is 3.58. The van der Waals surface area contributed by atoms with E-state index in [2.05, 4.69) is 26.1 Å². The number of anilines is 1. The number of carbonyl (C=O) groups excluding carboxylic acids is 1. The summed E-state index contributed by atoms with van der Waals surface area (Å²) >= 11 is 0. The maximum absolute atomic E-state index is 12.9. The molecule has 0 saturated carbocycles. The Morgan fingerprint density at radius 2 is 2.23 bits per heavy atom. The van der Waals surface area contributed by atoms with Crippen molar-refractivity contribution in [2.45, 2.75) is 19.2 Å². The predicted octanol–water partition coefficient (Wildman–Crippen LogP) is 1.49. The Morgan fingerprint density at radius 1 is 1.30 bits per heavy atom. The second-order valence-corrected chi connectivity index (χ2v) is 7.30. The van der Waals surface area contributed by atoms with Crippen LogP contribution in [0, 0.1) is 6.92 Å². The lowest BCUT2D eigenvalue weighted by Crippen LogP contribution is -2.53. The van der Waals surface area contributed by atoms with Crippen LogP contribution in [-0.4, -0.2) is 53.2 Å². The van der Waals surface area contributed by atoms with Crippen LogP contribution in [0.15, 0.2) is 53.9 Å². The van der Waals surface area contributed by atoms with Gasteiger partial charge < -0.3 is 25.5 Å². The summed E-state index contributed by atoms with van der Waals surface area (Å²) in [6, 6.07) is 11.4. The second kappa shape index (κ2) is 7.77. The van der Waals surface area contributed by atoms with Crippen molar-refractivity contribution in [3.05, 3.63) is 65.6 Å². The molecule has 9 nitrogen and oxygen atoms in total. The van der Waals surface area contributed by atoms with E-state index in [9.17, 15) is 4.79 Å². The zero-order valence-corrected chi connectivity index (χ0v) is 16.5. The number of carbonyl (C=O) groups is 1. The van der Waals surface area contributed by atoms with Crippen molar-refractivity contribution < 1.29 is 14.4 Å². The number of amides is 1. The number of morpholine rings is 1. The van der Waals surface area contributed by atoms with Gasteiger partial charge in [0.1, 0.15) is 11.3 Å². The summed E-state index contributed by atoms with van der Waals surface area (Å²) in [6.07, 6.45) is 3.10. The number of aryl methyl sites for hydroxylation is 1. The quantitative estimate of drug-likeness (QED) is 0.607. The standard InChI is InChI=1S/C21H22N6O3/c1-13-5-6-14(19-25-21(30-26-19)16-12-29-9-7-22-16)10-15(13)24-20(28)17-11-23-18-4-2-3-8-27(17)18/h2-6,8,10-11,16,21-22H,7,9,12H2,1H3,(H,24,28)(H,25,26)/t16-,21?/m0/s1. The van der Waals surface area contributed by atoms with Crippen LogP contribution in [0.2, 0.25) is 0 Å². The third-order valence-electron chi connectivity index (χ3n) is 5.26. The fraction of sp³-hybridized carbons (Fsp3) is 0.286. The molecule has 3 N–H and O–H groups in total. The van der Waals surface area contributed by atoms with Crippen LogP contribution in [0.4, 0.5) is 5.69 Å². The molecule has 2 atom stereocenters. The summed E-state index contributed by atoms with van der Waals surface area (Å²) < 4.78 is 7.25. The highest BCUT2D eigenvalue weighted by atomic mass is 16.7. The molecule has 1 unspecified atom stereocenters. The number of nitrogens with zero attached hydrogens (tertiary/aromatic N) is 3. The number of imidazole rings is 1. The maximum Gasteiger partial charge on any atom is 0.274 e. The lowest BCUT2D eigenvalue weighted by Gasteiger charge is -2.27. The highest BCUT2D eigenvalue weighted by Crippen LogP contribution is 2.20. The molecule has 4 heterocycles. The molecule has 0 aliphatic carbocycles. The number of hydrogen-bond acceptors (Lipinski definition) is 7. The normalized spacial score (nSPS) is 21.0. The number of ether oxygens (including phenoxy) is 1. The van der Waals surface area contributed by atoms with Crippen molar-refractivity contribution in [3.8, 4) is 0 Å². The van der Waals surface area contributed by atoms with Gasteiger partial charge in [-0.15, -0.1) is 0 Å². The van der Waals surface area contributed by atoms with Crippen LogP contribution in [0.25, 0.3) is 5.65 Å². The Labute approximate surface area is 173 Å². The van der Waals surface area contributed by atoms with Gasteiger partial charge in [-0.3, -0.25) is 9.20 Å². The van der Waals surface area contributed by atoms with Crippen molar-refractivity contribution in [1.82, 2.24) is 20.0 Å². The molecule has 3 aromatic rings. The first-order chi connectivity index (χ1) is 14.7. The monoisotopic (exact) mass is 406 g/mol. The van der Waals surface area contributed by atoms with Gasteiger partial charge in [0.05, 0.1) is 25.5 Å². The number of oxime groups is 1. The van der Waals surface area contributed by atoms with Gasteiger partial charge in [0.2, 0.25) is 6.23 Å². The molecule has 0 bridgehead atoms. The van der Waals surface area contributed by atoms with Gasteiger partial charge in [-0.25, -0.2) is 4.98 Å². The van der Waals surface area contributed by atoms with Gasteiger partial charge in [0.15, 0.2) is 5.84 Å². The minimum Gasteiger partial charge on any atom is -0.378 e. The van der Waals surface area contributed by atoms with E-state index in [4.69, 9.17) is 9.57 Å². The molecule has 9 heteroatoms. The van der Waals surface area contributed by atoms with Crippen LogP contribution >= 0.6 is 0 Å². The highest BCUT2D eigenvalue weighted by Gasteiger charge is 2.31. The average molecular weight is 406 g/mol. The lowest BCUT2D eigenvalue weighted by atomic mass is 10.1. The number of amidine groups is 1. The molecule has 5 rings (SSSR count). The van der Waals surface area contributed by atoms with Gasteiger partial charge in [0, 0.05) is 24.0 Å². The number of fused-ring (bicyclic) bond motifs is 1. The summed E-state index contributed by atoms with van der Waals surface area (Å²) in [5.41, 5.74) is 3.67. The van der Waals surface area contributed by atoms with E-state index < -0.39 is 0 Å². The minimum absolute atomic E-state index is 0.0276. The molecular weight excluding hydrogens is 384 g/mol. The molecule has 2 aliphatic rings. The molecule has 0 spiro atoms. The highest BCUT2D eigenvalue weighted by molar-refractivity contribution is 6.05. The SMILES string of the molecule is Cc1ccc(C2=NOC([C@@H]3COCCN3)N2)cc1NC(=O)c1cnc2ccccn12. The van der Waals surface area contributed by atoms with Crippen LogP contribution in [-0.2, 0) is 9.57 Å². The van der Waals surface area contributed by atoms with Gasteiger partial charge in [-0.2, -0.15) is 0 Å². The van der Waals surface area contributed by atoms with Crippen molar-refractivity contribution in [1.29, 1.82) is 0 Å². The molecular formula is C21H22N6O3. The molecule has 1 saturated heterocycles. The van der Waals surface area contributed by atoms with E-state index in [1.807, 2.05) is 49.5 Å². The van der Waals surface area contributed by atoms with Crippen LogP contribution in [0.1, 0.15) is 21.6 Å². The van der Waals surface area contributed by atoms with E-state index in [0.29, 0.717) is 30.4 Å². The Bertz CT molecular complexity index is 1120. The van der Waals surface area contributed by atoms with Crippen molar-refractivity contribution in [2.75, 3.05) is 25.1 Å². The van der Waals surface area contributed by atoms with Crippen LogP contribution < -0.4 is 16.0 Å². The molecule has 1 fully saturated rings. The molecule has 2 aromatic heterocycles. The number of pyridine rings is 1. The number of aromatic nitrogens is 2. The first-order valence-corrected chi connectivity index (χ1v) is 9.85. The molecule has 30 heavy (non-hydrogen) atoms. The summed E-state index contributed by atoms with van der Waals surface area (Å²) in [7, 11) is 0. The Morgan fingerprint density at radius 3 is 3.10 bits per heavy atom. The van der Waals surface area contributed by atoms with E-state index in [1.165, 1.54) is 0 Å². The van der Waals surface area contributed by atoms with E-state index >= 15 is 0 Å². The van der Waals surface area contributed by atoms with Gasteiger partial charge in [-0.1, -0.05) is 23.4 Å². The third-order valence-corrected chi connectivity index (χ3v) is 5.26. The predicted molar refractivity (Wildman–Crippen MR) is 111 cm³/mol. The summed E-state index contributed by atoms with van der Waals surface area (Å²) in [5.74, 6) is 0.394. The van der Waals surface area contributed by atoms with Gasteiger partial charge in [-0.05, 0) is 30.7 Å². The Hall–Kier alpha value is -3.43. The summed E-state index contributed by atoms with van der Waals surface area (Å²) in [4.78, 5) is 22.7. The average Bonchev–Trinajstić information content (AvgIpc) is 3.43. The zero-order chi connectivity index (χ0) is 20.5.